The number of alkyl halides is 2. The second kappa shape index (κ2) is 7.68. The van der Waals surface area contributed by atoms with E-state index in [1.807, 2.05) is 0 Å². The minimum absolute atomic E-state index is 0.0211. The molecule has 11 heteroatoms. The number of halogens is 3. The zero-order valence-electron chi connectivity index (χ0n) is 12.5. The summed E-state index contributed by atoms with van der Waals surface area (Å²) in [5.74, 6) is -0.210. The molecule has 1 heterocycles. The van der Waals surface area contributed by atoms with Crippen LogP contribution in [-0.4, -0.2) is 35.1 Å². The van der Waals surface area contributed by atoms with E-state index in [1.165, 1.54) is 32.4 Å². The van der Waals surface area contributed by atoms with E-state index in [1.54, 1.807) is 0 Å². The number of hydrogen-bond acceptors (Lipinski definition) is 7. The lowest BCUT2D eigenvalue weighted by Crippen LogP contribution is -2.15. The van der Waals surface area contributed by atoms with Crippen LogP contribution in [0.5, 0.6) is 11.5 Å². The van der Waals surface area contributed by atoms with Gasteiger partial charge in [-0.3, -0.25) is 9.78 Å². The van der Waals surface area contributed by atoms with Crippen molar-refractivity contribution in [3.8, 4) is 11.5 Å². The molecule has 8 nitrogen and oxygen atoms in total. The van der Waals surface area contributed by atoms with Gasteiger partial charge in [0.15, 0.2) is 11.5 Å². The fourth-order valence-corrected chi connectivity index (χ4v) is 1.89. The van der Waals surface area contributed by atoms with Gasteiger partial charge in [0.05, 0.1) is 18.3 Å². The minimum atomic E-state index is -3.03. The van der Waals surface area contributed by atoms with Gasteiger partial charge >= 0.3 is 6.61 Å². The molecule has 128 valence electrons. The number of nitrogens with zero attached hydrogens (tertiary/aromatic N) is 3. The fraction of sp³-hybridized carbons (Fsp3) is 0.231. The van der Waals surface area contributed by atoms with Gasteiger partial charge < -0.3 is 9.47 Å². The number of anilines is 1. The monoisotopic (exact) mass is 359 g/mol. The Labute approximate surface area is 139 Å². The summed E-state index contributed by atoms with van der Waals surface area (Å²) in [4.78, 5) is 13.8. The van der Waals surface area contributed by atoms with E-state index in [4.69, 9.17) is 16.3 Å². The summed E-state index contributed by atoms with van der Waals surface area (Å²) in [7, 11) is 1.29. The first-order valence-electron chi connectivity index (χ1n) is 6.45. The molecular formula is C13H12ClF2N5O3. The first kappa shape index (κ1) is 17.6. The van der Waals surface area contributed by atoms with Crippen LogP contribution in [0.4, 0.5) is 14.7 Å². The van der Waals surface area contributed by atoms with Crippen LogP contribution in [0.3, 0.4) is 0 Å². The number of rotatable bonds is 6. The summed E-state index contributed by atoms with van der Waals surface area (Å²) in [6, 6.07) is 2.76. The van der Waals surface area contributed by atoms with Crippen molar-refractivity contribution in [2.75, 3.05) is 12.5 Å². The zero-order chi connectivity index (χ0) is 17.7. The summed E-state index contributed by atoms with van der Waals surface area (Å²) in [5.41, 5.74) is 2.72. The summed E-state index contributed by atoms with van der Waals surface area (Å²) < 4.78 is 34.0. The standard InChI is InChI=1S/C13H12ClF2N5O3/c1-6-11(22)18-13(21-19-6)20-17-5-7-3-8(14)10(24-12(15)16)9(4-7)23-2/h3-5,12H,1-2H3,(H2,18,20,21,22)/b17-5-. The number of H-pyrrole nitrogens is 1. The van der Waals surface area contributed by atoms with Gasteiger partial charge in [0, 0.05) is 0 Å². The van der Waals surface area contributed by atoms with Crippen LogP contribution in [0.2, 0.25) is 5.02 Å². The van der Waals surface area contributed by atoms with Crippen LogP contribution in [-0.2, 0) is 0 Å². The number of aromatic nitrogens is 3. The second-order valence-corrected chi connectivity index (χ2v) is 4.78. The number of aromatic amines is 1. The fourth-order valence-electron chi connectivity index (χ4n) is 1.63. The molecular weight excluding hydrogens is 348 g/mol. The van der Waals surface area contributed by atoms with Crippen LogP contribution in [0.25, 0.3) is 0 Å². The van der Waals surface area contributed by atoms with E-state index in [-0.39, 0.29) is 28.2 Å². The Morgan fingerprint density at radius 1 is 1.42 bits per heavy atom. The van der Waals surface area contributed by atoms with Gasteiger partial charge in [-0.05, 0) is 24.6 Å². The molecule has 2 aromatic rings. The van der Waals surface area contributed by atoms with Gasteiger partial charge in [-0.15, -0.1) is 10.2 Å². The van der Waals surface area contributed by atoms with Crippen LogP contribution in [0.15, 0.2) is 22.0 Å². The van der Waals surface area contributed by atoms with Crippen molar-refractivity contribution in [2.24, 2.45) is 5.10 Å². The highest BCUT2D eigenvalue weighted by molar-refractivity contribution is 6.32. The molecule has 0 aliphatic carbocycles. The van der Waals surface area contributed by atoms with E-state index >= 15 is 0 Å². The predicted octanol–water partition coefficient (Wildman–Crippen LogP) is 2.18. The highest BCUT2D eigenvalue weighted by atomic mass is 35.5. The van der Waals surface area contributed by atoms with E-state index in [2.05, 4.69) is 30.4 Å². The Morgan fingerprint density at radius 3 is 2.79 bits per heavy atom. The lowest BCUT2D eigenvalue weighted by Gasteiger charge is -2.12. The normalized spacial score (nSPS) is 11.1. The number of hydrazone groups is 1. The minimum Gasteiger partial charge on any atom is -0.493 e. The lowest BCUT2D eigenvalue weighted by molar-refractivity contribution is -0.0511. The topological polar surface area (TPSA) is 101 Å². The SMILES string of the molecule is COc1cc(/C=N\Nc2nnc(C)c(=O)[nH]2)cc(Cl)c1OC(F)F. The third-order valence-corrected chi connectivity index (χ3v) is 2.98. The Kier molecular flexibility index (Phi) is 5.64. The number of ether oxygens (including phenoxy) is 2. The maximum Gasteiger partial charge on any atom is 0.387 e. The molecule has 24 heavy (non-hydrogen) atoms. The first-order valence-corrected chi connectivity index (χ1v) is 6.83. The van der Waals surface area contributed by atoms with Crippen LogP contribution < -0.4 is 20.5 Å². The number of aryl methyl sites for hydroxylation is 1. The second-order valence-electron chi connectivity index (χ2n) is 4.37. The molecule has 0 saturated heterocycles. The van der Waals surface area contributed by atoms with Crippen molar-refractivity contribution in [3.63, 3.8) is 0 Å². The summed E-state index contributed by atoms with van der Waals surface area (Å²) in [6.45, 7) is -1.52. The Morgan fingerprint density at radius 2 is 2.17 bits per heavy atom. The molecule has 0 atom stereocenters. The van der Waals surface area contributed by atoms with Crippen molar-refractivity contribution >= 4 is 23.8 Å². The maximum atomic E-state index is 12.4. The smallest absolute Gasteiger partial charge is 0.387 e. The van der Waals surface area contributed by atoms with Crippen LogP contribution >= 0.6 is 11.6 Å². The quantitative estimate of drug-likeness (QED) is 0.605. The van der Waals surface area contributed by atoms with E-state index in [0.29, 0.717) is 5.56 Å². The summed E-state index contributed by atoms with van der Waals surface area (Å²) >= 11 is 5.90. The number of nitrogens with one attached hydrogen (secondary N) is 2. The molecule has 1 aromatic carbocycles. The highest BCUT2D eigenvalue weighted by Crippen LogP contribution is 2.37. The van der Waals surface area contributed by atoms with Gasteiger partial charge in [0.25, 0.3) is 5.56 Å². The lowest BCUT2D eigenvalue weighted by atomic mass is 10.2. The summed E-state index contributed by atoms with van der Waals surface area (Å²) in [5, 5.41) is 11.1. The molecule has 0 fully saturated rings. The van der Waals surface area contributed by atoms with Gasteiger partial charge in [0.2, 0.25) is 5.95 Å². The van der Waals surface area contributed by atoms with Gasteiger partial charge in [0.1, 0.15) is 5.69 Å². The molecule has 2 N–H and O–H groups in total. The molecule has 0 unspecified atom stereocenters. The van der Waals surface area contributed by atoms with Gasteiger partial charge in [-0.25, -0.2) is 5.43 Å². The van der Waals surface area contributed by atoms with Crippen molar-refractivity contribution < 1.29 is 18.3 Å². The van der Waals surface area contributed by atoms with Gasteiger partial charge in [-0.2, -0.15) is 13.9 Å². The molecule has 0 aliphatic rings. The van der Waals surface area contributed by atoms with E-state index < -0.39 is 12.2 Å². The Balaban J connectivity index is 2.18. The molecule has 0 spiro atoms. The molecule has 0 saturated carbocycles. The van der Waals surface area contributed by atoms with Crippen molar-refractivity contribution in [1.82, 2.24) is 15.2 Å². The predicted molar refractivity (Wildman–Crippen MR) is 83.2 cm³/mol. The molecule has 0 radical (unpaired) electrons. The van der Waals surface area contributed by atoms with Crippen molar-refractivity contribution in [1.29, 1.82) is 0 Å². The largest absolute Gasteiger partial charge is 0.493 e. The Hall–Kier alpha value is -2.75. The number of hydrogen-bond donors (Lipinski definition) is 2. The number of methoxy groups -OCH3 is 1. The third kappa shape index (κ3) is 4.38. The summed E-state index contributed by atoms with van der Waals surface area (Å²) in [6.07, 6.45) is 1.32. The molecule has 0 aliphatic heterocycles. The highest BCUT2D eigenvalue weighted by Gasteiger charge is 2.15. The molecule has 0 bridgehead atoms. The maximum absolute atomic E-state index is 12.4. The molecule has 1 aromatic heterocycles. The van der Waals surface area contributed by atoms with Crippen LogP contribution in [0, 0.1) is 6.92 Å². The first-order chi connectivity index (χ1) is 11.4. The molecule has 2 rings (SSSR count). The average molecular weight is 360 g/mol. The Bertz CT molecular complexity index is 813. The zero-order valence-corrected chi connectivity index (χ0v) is 13.3. The van der Waals surface area contributed by atoms with Crippen molar-refractivity contribution in [2.45, 2.75) is 13.5 Å². The van der Waals surface area contributed by atoms with Gasteiger partial charge in [-0.1, -0.05) is 11.6 Å². The van der Waals surface area contributed by atoms with E-state index in [0.717, 1.165) is 0 Å². The average Bonchev–Trinajstić information content (AvgIpc) is 2.52. The third-order valence-electron chi connectivity index (χ3n) is 2.70. The number of benzene rings is 1. The van der Waals surface area contributed by atoms with E-state index in [9.17, 15) is 13.6 Å². The van der Waals surface area contributed by atoms with Crippen LogP contribution in [0.1, 0.15) is 11.3 Å². The molecule has 0 amide bonds. The van der Waals surface area contributed by atoms with Crippen molar-refractivity contribution in [3.05, 3.63) is 38.8 Å².